The minimum atomic E-state index is -2.10. The smallest absolute Gasteiger partial charge is 0.407 e. The van der Waals surface area contributed by atoms with Crippen LogP contribution in [0.15, 0.2) is 0 Å². The normalized spacial score (nSPS) is 11.9. The molecule has 0 saturated heterocycles. The van der Waals surface area contributed by atoms with Gasteiger partial charge in [-0.1, -0.05) is 20.8 Å². The number of rotatable bonds is 4. The summed E-state index contributed by atoms with van der Waals surface area (Å²) in [5, 5.41) is 2.31. The summed E-state index contributed by atoms with van der Waals surface area (Å²) in [5.41, 5.74) is 0. The van der Waals surface area contributed by atoms with Crippen molar-refractivity contribution in [1.29, 1.82) is 0 Å². The molecule has 0 bridgehead atoms. The highest BCUT2D eigenvalue weighted by molar-refractivity contribution is 6.75. The molecular formula is C11H23NO4Si. The van der Waals surface area contributed by atoms with Crippen molar-refractivity contribution in [1.82, 2.24) is 5.32 Å². The molecule has 1 amide bonds. The molecule has 0 aliphatic rings. The minimum absolute atomic E-state index is 0.0351. The van der Waals surface area contributed by atoms with E-state index in [1.807, 2.05) is 33.9 Å². The zero-order chi connectivity index (χ0) is 13.7. The van der Waals surface area contributed by atoms with Gasteiger partial charge in [0.05, 0.1) is 6.61 Å². The second-order valence-electron chi connectivity index (χ2n) is 5.31. The fourth-order valence-corrected chi connectivity index (χ4v) is 1.75. The van der Waals surface area contributed by atoms with E-state index in [2.05, 4.69) is 10.1 Å². The van der Waals surface area contributed by atoms with Crippen LogP contribution < -0.4 is 5.32 Å². The van der Waals surface area contributed by atoms with Gasteiger partial charge in [-0.05, 0) is 25.1 Å². The molecule has 100 valence electrons. The van der Waals surface area contributed by atoms with E-state index in [0.29, 0.717) is 0 Å². The Morgan fingerprint density at radius 3 is 2.18 bits per heavy atom. The third-order valence-corrected chi connectivity index (χ3v) is 7.18. The summed E-state index contributed by atoms with van der Waals surface area (Å²) >= 11 is 0. The third-order valence-electron chi connectivity index (χ3n) is 2.83. The number of hydrogen-bond donors (Lipinski definition) is 1. The first kappa shape index (κ1) is 16.0. The number of carbonyl (C=O) groups excluding carboxylic acids is 2. The van der Waals surface area contributed by atoms with Gasteiger partial charge in [0.1, 0.15) is 6.54 Å². The molecular weight excluding hydrogens is 238 g/mol. The lowest BCUT2D eigenvalue weighted by Crippen LogP contribution is -2.45. The Morgan fingerprint density at radius 2 is 1.76 bits per heavy atom. The van der Waals surface area contributed by atoms with Crippen LogP contribution in [0.25, 0.3) is 0 Å². The summed E-state index contributed by atoms with van der Waals surface area (Å²) in [4.78, 5) is 22.5. The molecule has 6 heteroatoms. The Morgan fingerprint density at radius 1 is 1.24 bits per heavy atom. The van der Waals surface area contributed by atoms with Crippen molar-refractivity contribution in [3.05, 3.63) is 0 Å². The highest BCUT2D eigenvalue weighted by atomic mass is 28.4. The SMILES string of the molecule is CCOC(=O)NCC(=O)O[Si](C)(C)C(C)(C)C. The molecule has 0 aromatic rings. The molecule has 0 unspecified atom stereocenters. The van der Waals surface area contributed by atoms with E-state index < -0.39 is 20.4 Å². The number of alkyl carbamates (subject to hydrolysis) is 1. The number of amides is 1. The van der Waals surface area contributed by atoms with E-state index in [9.17, 15) is 9.59 Å². The van der Waals surface area contributed by atoms with Crippen molar-refractivity contribution in [2.75, 3.05) is 13.2 Å². The Labute approximate surface area is 104 Å². The van der Waals surface area contributed by atoms with Crippen LogP contribution in [0.5, 0.6) is 0 Å². The molecule has 1 N–H and O–H groups in total. The van der Waals surface area contributed by atoms with E-state index in [1.54, 1.807) is 6.92 Å². The molecule has 0 spiro atoms. The quantitative estimate of drug-likeness (QED) is 0.789. The fraction of sp³-hybridized carbons (Fsp3) is 0.818. The molecule has 0 aliphatic heterocycles. The maximum Gasteiger partial charge on any atom is 0.407 e. The van der Waals surface area contributed by atoms with E-state index in [4.69, 9.17) is 4.43 Å². The number of nitrogens with one attached hydrogen (secondary N) is 1. The predicted octanol–water partition coefficient (Wildman–Crippen LogP) is 2.28. The summed E-state index contributed by atoms with van der Waals surface area (Å²) in [5.74, 6) is -0.412. The van der Waals surface area contributed by atoms with Gasteiger partial charge >= 0.3 is 12.1 Å². The Bertz CT molecular complexity index is 284. The van der Waals surface area contributed by atoms with Crippen LogP contribution >= 0.6 is 0 Å². The van der Waals surface area contributed by atoms with Gasteiger partial charge in [0, 0.05) is 0 Å². The first-order valence-electron chi connectivity index (χ1n) is 5.72. The number of hydrogen-bond acceptors (Lipinski definition) is 4. The van der Waals surface area contributed by atoms with Gasteiger partial charge in [-0.3, -0.25) is 4.79 Å². The van der Waals surface area contributed by atoms with Crippen molar-refractivity contribution in [3.63, 3.8) is 0 Å². The lowest BCUT2D eigenvalue weighted by Gasteiger charge is -2.35. The highest BCUT2D eigenvalue weighted by Crippen LogP contribution is 2.36. The molecule has 0 heterocycles. The molecule has 0 aromatic heterocycles. The zero-order valence-electron chi connectivity index (χ0n) is 11.5. The molecule has 0 saturated carbocycles. The summed E-state index contributed by atoms with van der Waals surface area (Å²) in [6.07, 6.45) is -0.598. The molecule has 0 aliphatic carbocycles. The van der Waals surface area contributed by atoms with Crippen molar-refractivity contribution in [2.45, 2.75) is 45.8 Å². The summed E-state index contributed by atoms with van der Waals surface area (Å²) in [6.45, 7) is 11.9. The van der Waals surface area contributed by atoms with Crippen molar-refractivity contribution in [2.24, 2.45) is 0 Å². The van der Waals surface area contributed by atoms with Crippen LogP contribution in [0.2, 0.25) is 18.1 Å². The van der Waals surface area contributed by atoms with Crippen LogP contribution in [-0.4, -0.2) is 33.5 Å². The van der Waals surface area contributed by atoms with Crippen molar-refractivity contribution >= 4 is 20.4 Å². The topological polar surface area (TPSA) is 64.6 Å². The molecule has 0 aromatic carbocycles. The number of ether oxygens (including phenoxy) is 1. The molecule has 17 heavy (non-hydrogen) atoms. The van der Waals surface area contributed by atoms with Gasteiger partial charge in [0.15, 0.2) is 0 Å². The van der Waals surface area contributed by atoms with Crippen LogP contribution in [0.1, 0.15) is 27.7 Å². The van der Waals surface area contributed by atoms with Gasteiger partial charge in [0.25, 0.3) is 8.32 Å². The summed E-state index contributed by atoms with van der Waals surface area (Å²) in [6, 6.07) is 0. The van der Waals surface area contributed by atoms with Gasteiger partial charge in [-0.2, -0.15) is 0 Å². The van der Waals surface area contributed by atoms with Gasteiger partial charge in [0.2, 0.25) is 0 Å². The maximum absolute atomic E-state index is 11.6. The minimum Gasteiger partial charge on any atom is -0.518 e. The van der Waals surface area contributed by atoms with Crippen LogP contribution in [0.4, 0.5) is 4.79 Å². The highest BCUT2D eigenvalue weighted by Gasteiger charge is 2.40. The van der Waals surface area contributed by atoms with Gasteiger partial charge in [-0.15, -0.1) is 0 Å². The van der Waals surface area contributed by atoms with Crippen LogP contribution in [0, 0.1) is 0 Å². The van der Waals surface area contributed by atoms with E-state index >= 15 is 0 Å². The zero-order valence-corrected chi connectivity index (χ0v) is 12.5. The fourth-order valence-electron chi connectivity index (χ4n) is 0.800. The molecule has 0 radical (unpaired) electrons. The van der Waals surface area contributed by atoms with Gasteiger partial charge < -0.3 is 14.5 Å². The maximum atomic E-state index is 11.6. The molecule has 0 atom stereocenters. The summed E-state index contributed by atoms with van der Waals surface area (Å²) < 4.78 is 10.1. The predicted molar refractivity (Wildman–Crippen MR) is 68.3 cm³/mol. The molecule has 0 fully saturated rings. The second-order valence-corrected chi connectivity index (χ2v) is 10.0. The Balaban J connectivity index is 4.15. The van der Waals surface area contributed by atoms with Crippen LogP contribution in [0.3, 0.4) is 0 Å². The first-order valence-corrected chi connectivity index (χ1v) is 8.63. The lowest BCUT2D eigenvalue weighted by atomic mass is 10.2. The molecule has 5 nitrogen and oxygen atoms in total. The van der Waals surface area contributed by atoms with Gasteiger partial charge in [-0.25, -0.2) is 4.79 Å². The Hall–Kier alpha value is -1.04. The van der Waals surface area contributed by atoms with Crippen molar-refractivity contribution < 1.29 is 18.8 Å². The number of carbonyl (C=O) groups is 2. The average molecular weight is 261 g/mol. The largest absolute Gasteiger partial charge is 0.518 e. The van der Waals surface area contributed by atoms with E-state index in [1.165, 1.54) is 0 Å². The van der Waals surface area contributed by atoms with E-state index in [-0.39, 0.29) is 18.2 Å². The Kier molecular flexibility index (Phi) is 5.67. The lowest BCUT2D eigenvalue weighted by molar-refractivity contribution is -0.134. The summed E-state index contributed by atoms with van der Waals surface area (Å²) in [7, 11) is -2.10. The van der Waals surface area contributed by atoms with Crippen molar-refractivity contribution in [3.8, 4) is 0 Å². The van der Waals surface area contributed by atoms with Crippen LogP contribution in [-0.2, 0) is 14.0 Å². The average Bonchev–Trinajstić information content (AvgIpc) is 2.12. The standard InChI is InChI=1S/C11H23NO4Si/c1-7-15-10(14)12-8-9(13)16-17(5,6)11(2,3)4/h7-8H2,1-6H3,(H,12,14). The second kappa shape index (κ2) is 6.04. The monoisotopic (exact) mass is 261 g/mol. The van der Waals surface area contributed by atoms with E-state index in [0.717, 1.165) is 0 Å². The third kappa shape index (κ3) is 5.72. The first-order chi connectivity index (χ1) is 7.60. The molecule has 0 rings (SSSR count).